The third-order valence-electron chi connectivity index (χ3n) is 3.93. The number of hydrogen-bond donors (Lipinski definition) is 2. The van der Waals surface area contributed by atoms with Crippen LogP contribution in [0.15, 0.2) is 48.7 Å². The minimum atomic E-state index is -0.341. The van der Waals surface area contributed by atoms with Crippen LogP contribution in [-0.2, 0) is 0 Å². The van der Waals surface area contributed by atoms with Gasteiger partial charge in [-0.05, 0) is 68.3 Å². The van der Waals surface area contributed by atoms with Gasteiger partial charge in [0.15, 0.2) is 0 Å². The zero-order valence-electron chi connectivity index (χ0n) is 15.2. The zero-order chi connectivity index (χ0) is 18.2. The van der Waals surface area contributed by atoms with Gasteiger partial charge in [0, 0.05) is 30.7 Å². The number of hydrogen-bond acceptors (Lipinski definition) is 2. The highest BCUT2D eigenvalue weighted by Crippen LogP contribution is 2.22. The third-order valence-corrected chi connectivity index (χ3v) is 3.93. The van der Waals surface area contributed by atoms with Crippen molar-refractivity contribution in [1.29, 1.82) is 0 Å². The van der Waals surface area contributed by atoms with Gasteiger partial charge in [-0.1, -0.05) is 12.1 Å². The lowest BCUT2D eigenvalue weighted by molar-refractivity contribution is -0.00000890. The maximum absolute atomic E-state index is 13.1. The van der Waals surface area contributed by atoms with Crippen LogP contribution in [0.2, 0.25) is 0 Å². The Morgan fingerprint density at radius 2 is 1.88 bits per heavy atom. The lowest BCUT2D eigenvalue weighted by atomic mass is 10.1. The van der Waals surface area contributed by atoms with Crippen molar-refractivity contribution in [3.05, 3.63) is 65.6 Å². The minimum absolute atomic E-state index is 0. The number of nitrogens with one attached hydrogen (secondary N) is 2. The molecule has 4 nitrogen and oxygen atoms in total. The van der Waals surface area contributed by atoms with Gasteiger partial charge in [0.1, 0.15) is 5.82 Å². The summed E-state index contributed by atoms with van der Waals surface area (Å²) in [4.78, 5) is 14.2. The molecule has 0 bridgehead atoms. The second kappa shape index (κ2) is 10.5. The fraction of sp³-hybridized carbons (Fsp3) is 0.250. The molecule has 2 aromatic carbocycles. The molecule has 0 radical (unpaired) electrons. The maximum atomic E-state index is 13.1. The molecule has 6 heteroatoms. The Bertz CT molecular complexity index is 760. The second-order valence-corrected chi connectivity index (χ2v) is 5.66. The molecule has 0 spiro atoms. The van der Waals surface area contributed by atoms with Crippen molar-refractivity contribution in [2.24, 2.45) is 0 Å². The van der Waals surface area contributed by atoms with Crippen LogP contribution < -0.4 is 27.9 Å². The zero-order valence-corrected chi connectivity index (χ0v) is 16.0. The molecule has 2 N–H and O–H groups in total. The van der Waals surface area contributed by atoms with Crippen LogP contribution in [-0.4, -0.2) is 19.1 Å². The molecular formula is C20H24ClFN3O-. The number of nitrogens with zero attached hydrogens (tertiary/aromatic N) is 1. The Kier molecular flexibility index (Phi) is 8.65. The normalized spacial score (nSPS) is 10.3. The monoisotopic (exact) mass is 376 g/mol. The van der Waals surface area contributed by atoms with Gasteiger partial charge in [0.05, 0.1) is 0 Å². The van der Waals surface area contributed by atoms with Gasteiger partial charge in [0.2, 0.25) is 0 Å². The lowest BCUT2D eigenvalue weighted by Crippen LogP contribution is -3.00. The van der Waals surface area contributed by atoms with Crippen molar-refractivity contribution < 1.29 is 21.6 Å². The average Bonchev–Trinajstić information content (AvgIpc) is 2.58. The number of carbonyl (C=O) groups excluding carboxylic acids is 1. The number of aryl methyl sites for hydroxylation is 1. The summed E-state index contributed by atoms with van der Waals surface area (Å²) in [5, 5.41) is 5.44. The Hall–Kier alpha value is -2.53. The SMILES string of the molecule is CCN(CC)c1ccc(NC(=O)N/C=C/c2cccc(F)c2)c(C)c1.[Cl-]. The summed E-state index contributed by atoms with van der Waals surface area (Å²) in [6.07, 6.45) is 3.13. The first-order valence-electron chi connectivity index (χ1n) is 8.38. The predicted octanol–water partition coefficient (Wildman–Crippen LogP) is 1.78. The highest BCUT2D eigenvalue weighted by molar-refractivity contribution is 5.91. The quantitative estimate of drug-likeness (QED) is 0.807. The molecule has 0 aliphatic heterocycles. The Morgan fingerprint density at radius 1 is 1.15 bits per heavy atom. The molecule has 0 aromatic heterocycles. The van der Waals surface area contributed by atoms with Gasteiger partial charge < -0.3 is 27.9 Å². The summed E-state index contributed by atoms with van der Waals surface area (Å²) in [5.74, 6) is -0.310. The third kappa shape index (κ3) is 6.08. The molecule has 0 saturated carbocycles. The molecule has 0 aliphatic carbocycles. The molecule has 0 aliphatic rings. The molecule has 2 aromatic rings. The van der Waals surface area contributed by atoms with Crippen LogP contribution in [0, 0.1) is 12.7 Å². The second-order valence-electron chi connectivity index (χ2n) is 5.66. The first-order valence-corrected chi connectivity index (χ1v) is 8.38. The minimum Gasteiger partial charge on any atom is -1.00 e. The van der Waals surface area contributed by atoms with Crippen molar-refractivity contribution in [3.63, 3.8) is 0 Å². The smallest absolute Gasteiger partial charge is 0.323 e. The molecule has 26 heavy (non-hydrogen) atoms. The van der Waals surface area contributed by atoms with Crippen molar-refractivity contribution in [2.45, 2.75) is 20.8 Å². The largest absolute Gasteiger partial charge is 1.00 e. The summed E-state index contributed by atoms with van der Waals surface area (Å²) in [6.45, 7) is 8.07. The highest BCUT2D eigenvalue weighted by Gasteiger charge is 2.07. The molecular weight excluding hydrogens is 353 g/mol. The van der Waals surface area contributed by atoms with Crippen LogP contribution in [0.4, 0.5) is 20.6 Å². The molecule has 0 unspecified atom stereocenters. The summed E-state index contributed by atoms with van der Waals surface area (Å²) in [7, 11) is 0. The molecule has 0 heterocycles. The number of carbonyl (C=O) groups is 1. The predicted molar refractivity (Wildman–Crippen MR) is 102 cm³/mol. The summed E-state index contributed by atoms with van der Waals surface area (Å²) < 4.78 is 13.1. The number of rotatable bonds is 6. The number of halogens is 2. The summed E-state index contributed by atoms with van der Waals surface area (Å²) in [6, 6.07) is 11.8. The van der Waals surface area contributed by atoms with Crippen LogP contribution in [0.1, 0.15) is 25.0 Å². The van der Waals surface area contributed by atoms with Gasteiger partial charge >= 0.3 is 6.03 Å². The van der Waals surface area contributed by atoms with E-state index in [4.69, 9.17) is 0 Å². The first kappa shape index (κ1) is 21.5. The first-order chi connectivity index (χ1) is 12.0. The van der Waals surface area contributed by atoms with Crippen molar-refractivity contribution in [3.8, 4) is 0 Å². The summed E-state index contributed by atoms with van der Waals surface area (Å²) in [5.41, 5.74) is 3.57. The van der Waals surface area contributed by atoms with E-state index in [9.17, 15) is 9.18 Å². The Morgan fingerprint density at radius 3 is 2.50 bits per heavy atom. The van der Waals surface area contributed by atoms with E-state index in [-0.39, 0.29) is 24.3 Å². The van der Waals surface area contributed by atoms with Crippen molar-refractivity contribution in [1.82, 2.24) is 5.32 Å². The van der Waals surface area contributed by atoms with Crippen molar-refractivity contribution >= 4 is 23.5 Å². The molecule has 2 amide bonds. The van der Waals surface area contributed by atoms with Gasteiger partial charge in [-0.3, -0.25) is 0 Å². The standard InChI is InChI=1S/C20H24FN3O.ClH/c1-4-24(5-2)18-9-10-19(15(3)13-18)23-20(25)22-12-11-16-7-6-8-17(21)14-16;/h6-14H,4-5H2,1-3H3,(H2,22,23,25);1H/p-1/b12-11+;. The van der Waals surface area contributed by atoms with E-state index in [0.717, 1.165) is 30.0 Å². The molecule has 140 valence electrons. The number of anilines is 2. The maximum Gasteiger partial charge on any atom is 0.323 e. The van der Waals surface area contributed by atoms with Gasteiger partial charge in [-0.15, -0.1) is 0 Å². The fourth-order valence-corrected chi connectivity index (χ4v) is 2.56. The van der Waals surface area contributed by atoms with Gasteiger partial charge in [0.25, 0.3) is 0 Å². The van der Waals surface area contributed by atoms with Gasteiger partial charge in [-0.2, -0.15) is 0 Å². The van der Waals surface area contributed by atoms with Crippen LogP contribution >= 0.6 is 0 Å². The topological polar surface area (TPSA) is 44.4 Å². The van der Waals surface area contributed by atoms with E-state index >= 15 is 0 Å². The van der Waals surface area contributed by atoms with E-state index in [1.165, 1.54) is 18.3 Å². The number of amides is 2. The lowest BCUT2D eigenvalue weighted by Gasteiger charge is -2.22. The molecule has 0 atom stereocenters. The Balaban J connectivity index is 0.00000338. The van der Waals surface area contributed by atoms with E-state index in [1.54, 1.807) is 18.2 Å². The van der Waals surface area contributed by atoms with Crippen molar-refractivity contribution in [2.75, 3.05) is 23.3 Å². The molecule has 2 rings (SSSR count). The fourth-order valence-electron chi connectivity index (χ4n) is 2.56. The highest BCUT2D eigenvalue weighted by atomic mass is 35.5. The number of benzene rings is 2. The van der Waals surface area contributed by atoms with E-state index < -0.39 is 0 Å². The van der Waals surface area contributed by atoms with E-state index in [1.807, 2.05) is 19.1 Å². The summed E-state index contributed by atoms with van der Waals surface area (Å²) >= 11 is 0. The Labute approximate surface area is 160 Å². The number of urea groups is 1. The molecule has 0 fully saturated rings. The van der Waals surface area contributed by atoms with Crippen LogP contribution in [0.3, 0.4) is 0 Å². The van der Waals surface area contributed by atoms with E-state index in [0.29, 0.717) is 5.56 Å². The van der Waals surface area contributed by atoms with Gasteiger partial charge in [-0.25, -0.2) is 9.18 Å². The average molecular weight is 377 g/mol. The van der Waals surface area contributed by atoms with Crippen LogP contribution in [0.25, 0.3) is 6.08 Å². The molecule has 0 saturated heterocycles. The van der Waals surface area contributed by atoms with Crippen LogP contribution in [0.5, 0.6) is 0 Å². The van der Waals surface area contributed by atoms with E-state index in [2.05, 4.69) is 35.4 Å².